The van der Waals surface area contributed by atoms with E-state index in [1.54, 1.807) is 12.4 Å². The maximum Gasteiger partial charge on any atom is 0.209 e. The number of halogens is 2. The molecule has 26 heavy (non-hydrogen) atoms. The summed E-state index contributed by atoms with van der Waals surface area (Å²) in [5, 5.41) is 1.35. The lowest BCUT2D eigenvalue weighted by Gasteiger charge is -2.34. The van der Waals surface area contributed by atoms with Gasteiger partial charge < -0.3 is 9.32 Å². The van der Waals surface area contributed by atoms with E-state index in [1.807, 2.05) is 36.4 Å². The fourth-order valence-electron chi connectivity index (χ4n) is 3.04. The molecule has 0 saturated carbocycles. The van der Waals surface area contributed by atoms with E-state index in [0.717, 1.165) is 49.2 Å². The standard InChI is InChI=1S/C19H18Cl2N4O/c20-15-3-1-2-14(10-15)17-12-23-19(26-17)13-24-6-8-25(9-7-24)18-5-4-16(21)11-22-18/h1-5,10-12H,6-9,13H2. The molecule has 0 radical (unpaired) electrons. The van der Waals surface area contributed by atoms with E-state index in [2.05, 4.69) is 19.8 Å². The average molecular weight is 389 g/mol. The van der Waals surface area contributed by atoms with Gasteiger partial charge in [0.1, 0.15) is 5.82 Å². The molecule has 0 aliphatic carbocycles. The summed E-state index contributed by atoms with van der Waals surface area (Å²) in [5.74, 6) is 2.43. The molecule has 0 amide bonds. The van der Waals surface area contributed by atoms with Crippen LogP contribution in [0.3, 0.4) is 0 Å². The second-order valence-corrected chi connectivity index (χ2v) is 7.10. The van der Waals surface area contributed by atoms with Crippen LogP contribution in [0.15, 0.2) is 53.2 Å². The molecule has 0 N–H and O–H groups in total. The third-order valence-electron chi connectivity index (χ3n) is 4.43. The summed E-state index contributed by atoms with van der Waals surface area (Å²) in [7, 11) is 0. The Kier molecular flexibility index (Phi) is 5.11. The summed E-state index contributed by atoms with van der Waals surface area (Å²) in [6, 6.07) is 11.4. The minimum Gasteiger partial charge on any atom is -0.439 e. The van der Waals surface area contributed by atoms with Crippen LogP contribution in [0, 0.1) is 0 Å². The molecule has 5 nitrogen and oxygen atoms in total. The van der Waals surface area contributed by atoms with Gasteiger partial charge in [-0.15, -0.1) is 0 Å². The first-order chi connectivity index (χ1) is 12.7. The second-order valence-electron chi connectivity index (χ2n) is 6.23. The minimum atomic E-state index is 0.659. The van der Waals surface area contributed by atoms with E-state index in [1.165, 1.54) is 0 Å². The van der Waals surface area contributed by atoms with Gasteiger partial charge in [0.2, 0.25) is 5.89 Å². The SMILES string of the molecule is Clc1ccc(N2CCN(Cc3ncc(-c4cccc(Cl)c4)o3)CC2)nc1. The zero-order chi connectivity index (χ0) is 17.9. The highest BCUT2D eigenvalue weighted by Gasteiger charge is 2.19. The largest absolute Gasteiger partial charge is 0.439 e. The molecule has 0 atom stereocenters. The molecule has 3 aromatic rings. The summed E-state index contributed by atoms with van der Waals surface area (Å²) in [6.07, 6.45) is 3.45. The maximum atomic E-state index is 6.04. The number of piperazine rings is 1. The number of nitrogens with zero attached hydrogens (tertiary/aromatic N) is 4. The maximum absolute atomic E-state index is 6.04. The number of hydrogen-bond acceptors (Lipinski definition) is 5. The fraction of sp³-hybridized carbons (Fsp3) is 0.263. The van der Waals surface area contributed by atoms with Gasteiger partial charge in [-0.3, -0.25) is 4.90 Å². The van der Waals surface area contributed by atoms with Crippen LogP contribution < -0.4 is 4.90 Å². The number of aromatic nitrogens is 2. The Morgan fingerprint density at radius 3 is 2.50 bits per heavy atom. The predicted octanol–water partition coefficient (Wildman–Crippen LogP) is 4.37. The van der Waals surface area contributed by atoms with Crippen LogP contribution in [0.5, 0.6) is 0 Å². The van der Waals surface area contributed by atoms with Crippen LogP contribution in [-0.4, -0.2) is 41.0 Å². The van der Waals surface area contributed by atoms with E-state index in [4.69, 9.17) is 27.6 Å². The number of oxazole rings is 1. The Hall–Kier alpha value is -2.08. The molecule has 1 aliphatic rings. The Balaban J connectivity index is 1.35. The quantitative estimate of drug-likeness (QED) is 0.663. The highest BCUT2D eigenvalue weighted by Crippen LogP contribution is 2.24. The average Bonchev–Trinajstić information content (AvgIpc) is 3.12. The van der Waals surface area contributed by atoms with Gasteiger partial charge in [0.25, 0.3) is 0 Å². The normalized spacial score (nSPS) is 15.4. The number of anilines is 1. The second kappa shape index (κ2) is 7.66. The fourth-order valence-corrected chi connectivity index (χ4v) is 3.34. The molecule has 1 fully saturated rings. The number of hydrogen-bond donors (Lipinski definition) is 0. The Morgan fingerprint density at radius 2 is 1.77 bits per heavy atom. The molecule has 134 valence electrons. The third kappa shape index (κ3) is 4.01. The summed E-state index contributed by atoms with van der Waals surface area (Å²) >= 11 is 11.9. The first-order valence-corrected chi connectivity index (χ1v) is 9.22. The van der Waals surface area contributed by atoms with Gasteiger partial charge in [0, 0.05) is 43.0 Å². The van der Waals surface area contributed by atoms with Crippen molar-refractivity contribution in [1.29, 1.82) is 0 Å². The van der Waals surface area contributed by atoms with Crippen molar-refractivity contribution in [3.05, 3.63) is 64.7 Å². The van der Waals surface area contributed by atoms with E-state index in [9.17, 15) is 0 Å². The summed E-state index contributed by atoms with van der Waals surface area (Å²) in [5.41, 5.74) is 0.940. The van der Waals surface area contributed by atoms with Crippen molar-refractivity contribution in [2.75, 3.05) is 31.1 Å². The summed E-state index contributed by atoms with van der Waals surface area (Å²) in [6.45, 7) is 4.38. The van der Waals surface area contributed by atoms with Crippen molar-refractivity contribution < 1.29 is 4.42 Å². The van der Waals surface area contributed by atoms with E-state index in [0.29, 0.717) is 16.6 Å². The molecule has 2 aromatic heterocycles. The highest BCUT2D eigenvalue weighted by molar-refractivity contribution is 6.31. The lowest BCUT2D eigenvalue weighted by Crippen LogP contribution is -2.46. The van der Waals surface area contributed by atoms with E-state index >= 15 is 0 Å². The van der Waals surface area contributed by atoms with Crippen LogP contribution in [0.1, 0.15) is 5.89 Å². The van der Waals surface area contributed by atoms with Crippen molar-refractivity contribution in [3.63, 3.8) is 0 Å². The molecule has 0 spiro atoms. The van der Waals surface area contributed by atoms with Gasteiger partial charge in [-0.1, -0.05) is 35.3 Å². The summed E-state index contributed by atoms with van der Waals surface area (Å²) in [4.78, 5) is 13.4. The Bertz CT molecular complexity index is 873. The highest BCUT2D eigenvalue weighted by atomic mass is 35.5. The molecule has 4 rings (SSSR count). The van der Waals surface area contributed by atoms with Crippen molar-refractivity contribution >= 4 is 29.0 Å². The third-order valence-corrected chi connectivity index (χ3v) is 4.89. The van der Waals surface area contributed by atoms with Crippen LogP contribution in [0.4, 0.5) is 5.82 Å². The molecule has 1 aromatic carbocycles. The summed E-state index contributed by atoms with van der Waals surface area (Å²) < 4.78 is 5.90. The number of benzene rings is 1. The number of rotatable bonds is 4. The van der Waals surface area contributed by atoms with Gasteiger partial charge >= 0.3 is 0 Å². The van der Waals surface area contributed by atoms with Gasteiger partial charge in [-0.05, 0) is 24.3 Å². The molecule has 1 saturated heterocycles. The molecule has 0 unspecified atom stereocenters. The lowest BCUT2D eigenvalue weighted by molar-refractivity contribution is 0.226. The van der Waals surface area contributed by atoms with Crippen molar-refractivity contribution in [2.45, 2.75) is 6.54 Å². The minimum absolute atomic E-state index is 0.659. The lowest BCUT2D eigenvalue weighted by atomic mass is 10.2. The van der Waals surface area contributed by atoms with Crippen molar-refractivity contribution in [1.82, 2.24) is 14.9 Å². The molecule has 7 heteroatoms. The van der Waals surface area contributed by atoms with Gasteiger partial charge in [0.15, 0.2) is 5.76 Å². The van der Waals surface area contributed by atoms with Gasteiger partial charge in [-0.2, -0.15) is 0 Å². The Labute approximate surface area is 162 Å². The zero-order valence-electron chi connectivity index (χ0n) is 14.1. The first-order valence-electron chi connectivity index (χ1n) is 8.47. The molecular formula is C19H18Cl2N4O. The topological polar surface area (TPSA) is 45.4 Å². The van der Waals surface area contributed by atoms with Crippen LogP contribution in [0.25, 0.3) is 11.3 Å². The van der Waals surface area contributed by atoms with Crippen molar-refractivity contribution in [3.8, 4) is 11.3 Å². The molecular weight excluding hydrogens is 371 g/mol. The van der Waals surface area contributed by atoms with E-state index < -0.39 is 0 Å². The van der Waals surface area contributed by atoms with Crippen LogP contribution in [-0.2, 0) is 6.54 Å². The van der Waals surface area contributed by atoms with Gasteiger partial charge in [0.05, 0.1) is 17.8 Å². The van der Waals surface area contributed by atoms with Gasteiger partial charge in [-0.25, -0.2) is 9.97 Å². The molecule has 3 heterocycles. The first kappa shape index (κ1) is 17.3. The van der Waals surface area contributed by atoms with Crippen molar-refractivity contribution in [2.24, 2.45) is 0 Å². The van der Waals surface area contributed by atoms with Crippen LogP contribution >= 0.6 is 23.2 Å². The predicted molar refractivity (Wildman–Crippen MR) is 104 cm³/mol. The monoisotopic (exact) mass is 388 g/mol. The number of pyridine rings is 1. The Morgan fingerprint density at radius 1 is 0.923 bits per heavy atom. The molecule has 0 bridgehead atoms. The molecule has 1 aliphatic heterocycles. The van der Waals surface area contributed by atoms with E-state index in [-0.39, 0.29) is 0 Å². The van der Waals surface area contributed by atoms with Crippen LogP contribution in [0.2, 0.25) is 10.0 Å². The zero-order valence-corrected chi connectivity index (χ0v) is 15.6. The smallest absolute Gasteiger partial charge is 0.209 e.